The second-order valence-electron chi connectivity index (χ2n) is 4.14. The van der Waals surface area contributed by atoms with E-state index in [9.17, 15) is 0 Å². The number of nitrogens with two attached hydrogens (primary N) is 1. The Labute approximate surface area is 110 Å². The van der Waals surface area contributed by atoms with Crippen LogP contribution in [0.5, 0.6) is 5.75 Å². The quantitative estimate of drug-likeness (QED) is 0.779. The molecule has 5 heteroatoms. The Morgan fingerprint density at radius 3 is 2.84 bits per heavy atom. The average molecular weight is 254 g/mol. The third-order valence-electron chi connectivity index (χ3n) is 2.85. The van der Waals surface area contributed by atoms with Crippen LogP contribution in [-0.4, -0.2) is 21.2 Å². The first-order valence-electron chi connectivity index (χ1n) is 6.12. The molecule has 0 spiro atoms. The normalized spacial score (nSPS) is 10.8. The minimum Gasteiger partial charge on any atom is -0.493 e. The van der Waals surface area contributed by atoms with Crippen LogP contribution in [0.1, 0.15) is 6.92 Å². The van der Waals surface area contributed by atoms with Gasteiger partial charge in [0, 0.05) is 11.9 Å². The second-order valence-corrected chi connectivity index (χ2v) is 4.14. The van der Waals surface area contributed by atoms with Crippen molar-refractivity contribution >= 4 is 11.3 Å². The Bertz CT molecular complexity index is 720. The third-order valence-corrected chi connectivity index (χ3v) is 2.85. The van der Waals surface area contributed by atoms with E-state index in [1.165, 1.54) is 0 Å². The summed E-state index contributed by atoms with van der Waals surface area (Å²) in [5, 5.41) is 8.37. The zero-order valence-electron chi connectivity index (χ0n) is 10.6. The number of anilines is 1. The summed E-state index contributed by atoms with van der Waals surface area (Å²) < 4.78 is 7.50. The lowest BCUT2D eigenvalue weighted by Gasteiger charge is -2.08. The summed E-state index contributed by atoms with van der Waals surface area (Å²) in [4.78, 5) is 0. The lowest BCUT2D eigenvalue weighted by molar-refractivity contribution is 0.341. The summed E-state index contributed by atoms with van der Waals surface area (Å²) >= 11 is 0. The van der Waals surface area contributed by atoms with Crippen molar-refractivity contribution in [3.05, 3.63) is 42.6 Å². The van der Waals surface area contributed by atoms with Crippen molar-refractivity contribution in [2.45, 2.75) is 6.92 Å². The molecule has 0 aliphatic rings. The highest BCUT2D eigenvalue weighted by Crippen LogP contribution is 2.29. The van der Waals surface area contributed by atoms with Gasteiger partial charge in [-0.3, -0.25) is 4.40 Å². The number of benzene rings is 1. The Morgan fingerprint density at radius 2 is 2.00 bits per heavy atom. The Morgan fingerprint density at radius 1 is 1.16 bits per heavy atom. The summed E-state index contributed by atoms with van der Waals surface area (Å²) in [5.41, 5.74) is 8.15. The maximum absolute atomic E-state index is 5.82. The van der Waals surface area contributed by atoms with Crippen molar-refractivity contribution < 1.29 is 4.74 Å². The summed E-state index contributed by atoms with van der Waals surface area (Å²) in [7, 11) is 0. The molecule has 0 aliphatic carbocycles. The van der Waals surface area contributed by atoms with Crippen molar-refractivity contribution in [3.8, 4) is 17.1 Å². The highest BCUT2D eigenvalue weighted by atomic mass is 16.5. The number of para-hydroxylation sites is 1. The average Bonchev–Trinajstić information content (AvgIpc) is 2.82. The van der Waals surface area contributed by atoms with Crippen LogP contribution < -0.4 is 10.5 Å². The monoisotopic (exact) mass is 254 g/mol. The fraction of sp³-hybridized carbons (Fsp3) is 0.143. The van der Waals surface area contributed by atoms with Gasteiger partial charge in [-0.2, -0.15) is 0 Å². The van der Waals surface area contributed by atoms with Gasteiger partial charge in [0.15, 0.2) is 11.5 Å². The molecule has 0 unspecified atom stereocenters. The molecule has 19 heavy (non-hydrogen) atoms. The molecule has 2 N–H and O–H groups in total. The Hall–Kier alpha value is -2.56. The third kappa shape index (κ3) is 1.99. The fourth-order valence-electron chi connectivity index (χ4n) is 2.02. The van der Waals surface area contributed by atoms with E-state index in [1.54, 1.807) is 0 Å². The molecule has 0 aliphatic heterocycles. The van der Waals surface area contributed by atoms with Crippen molar-refractivity contribution in [1.82, 2.24) is 14.6 Å². The summed E-state index contributed by atoms with van der Waals surface area (Å²) in [6.07, 6.45) is 1.81. The molecular formula is C14H14N4O. The fourth-order valence-corrected chi connectivity index (χ4v) is 2.02. The molecule has 2 heterocycles. The standard InChI is InChI=1S/C14H14N4O/c1-2-19-12-6-4-3-5-11(12)14-17-16-13-8-7-10(15)9-18(13)14/h3-9H,2,15H2,1H3. The van der Waals surface area contributed by atoms with Crippen molar-refractivity contribution in [3.63, 3.8) is 0 Å². The highest BCUT2D eigenvalue weighted by molar-refractivity contribution is 5.67. The van der Waals surface area contributed by atoms with Gasteiger partial charge in [-0.15, -0.1) is 10.2 Å². The molecule has 0 bridgehead atoms. The molecule has 5 nitrogen and oxygen atoms in total. The lowest BCUT2D eigenvalue weighted by Crippen LogP contribution is -1.97. The number of hydrogen-bond acceptors (Lipinski definition) is 4. The van der Waals surface area contributed by atoms with Crippen molar-refractivity contribution in [1.29, 1.82) is 0 Å². The van der Waals surface area contributed by atoms with Crippen LogP contribution in [0.25, 0.3) is 17.0 Å². The topological polar surface area (TPSA) is 65.4 Å². The molecule has 0 amide bonds. The van der Waals surface area contributed by atoms with Crippen LogP contribution in [-0.2, 0) is 0 Å². The number of nitrogen functional groups attached to an aromatic ring is 1. The maximum atomic E-state index is 5.82. The van der Waals surface area contributed by atoms with E-state index in [0.29, 0.717) is 12.3 Å². The zero-order valence-corrected chi connectivity index (χ0v) is 10.6. The van der Waals surface area contributed by atoms with E-state index in [1.807, 2.05) is 53.9 Å². The van der Waals surface area contributed by atoms with E-state index in [4.69, 9.17) is 10.5 Å². The first-order chi connectivity index (χ1) is 9.29. The number of pyridine rings is 1. The molecule has 0 fully saturated rings. The van der Waals surface area contributed by atoms with E-state index in [0.717, 1.165) is 22.8 Å². The Kier molecular flexibility index (Phi) is 2.79. The number of rotatable bonds is 3. The molecule has 3 aromatic rings. The predicted octanol–water partition coefficient (Wildman–Crippen LogP) is 2.38. The molecular weight excluding hydrogens is 240 g/mol. The summed E-state index contributed by atoms with van der Waals surface area (Å²) in [6, 6.07) is 11.4. The van der Waals surface area contributed by atoms with Crippen LogP contribution >= 0.6 is 0 Å². The molecule has 0 atom stereocenters. The van der Waals surface area contributed by atoms with E-state index in [2.05, 4.69) is 10.2 Å². The summed E-state index contributed by atoms with van der Waals surface area (Å²) in [5.74, 6) is 1.52. The number of fused-ring (bicyclic) bond motifs is 1. The van der Waals surface area contributed by atoms with Gasteiger partial charge in [0.05, 0.1) is 12.2 Å². The van der Waals surface area contributed by atoms with Gasteiger partial charge in [0.1, 0.15) is 5.75 Å². The number of nitrogens with zero attached hydrogens (tertiary/aromatic N) is 3. The summed E-state index contributed by atoms with van der Waals surface area (Å²) in [6.45, 7) is 2.56. The van der Waals surface area contributed by atoms with Crippen LogP contribution in [0, 0.1) is 0 Å². The van der Waals surface area contributed by atoms with Gasteiger partial charge in [0.2, 0.25) is 0 Å². The largest absolute Gasteiger partial charge is 0.493 e. The molecule has 1 aromatic carbocycles. The van der Waals surface area contributed by atoms with Gasteiger partial charge >= 0.3 is 0 Å². The SMILES string of the molecule is CCOc1ccccc1-c1nnc2ccc(N)cn12. The molecule has 0 saturated carbocycles. The van der Waals surface area contributed by atoms with Gasteiger partial charge in [0.25, 0.3) is 0 Å². The van der Waals surface area contributed by atoms with Crippen molar-refractivity contribution in [2.24, 2.45) is 0 Å². The predicted molar refractivity (Wildman–Crippen MR) is 74.0 cm³/mol. The van der Waals surface area contributed by atoms with Gasteiger partial charge in [-0.1, -0.05) is 12.1 Å². The number of aromatic nitrogens is 3. The minimum atomic E-state index is 0.607. The van der Waals surface area contributed by atoms with Crippen LogP contribution in [0.4, 0.5) is 5.69 Å². The van der Waals surface area contributed by atoms with E-state index >= 15 is 0 Å². The molecule has 3 rings (SSSR count). The van der Waals surface area contributed by atoms with Gasteiger partial charge in [-0.05, 0) is 31.2 Å². The molecule has 0 radical (unpaired) electrons. The van der Waals surface area contributed by atoms with Crippen molar-refractivity contribution in [2.75, 3.05) is 12.3 Å². The lowest BCUT2D eigenvalue weighted by atomic mass is 10.2. The smallest absolute Gasteiger partial charge is 0.172 e. The second kappa shape index (κ2) is 4.61. The minimum absolute atomic E-state index is 0.607. The zero-order chi connectivity index (χ0) is 13.2. The maximum Gasteiger partial charge on any atom is 0.172 e. The first kappa shape index (κ1) is 11.5. The molecule has 2 aromatic heterocycles. The Balaban J connectivity index is 2.21. The first-order valence-corrected chi connectivity index (χ1v) is 6.12. The number of hydrogen-bond donors (Lipinski definition) is 1. The van der Waals surface area contributed by atoms with E-state index in [-0.39, 0.29) is 0 Å². The van der Waals surface area contributed by atoms with Crippen LogP contribution in [0.15, 0.2) is 42.6 Å². The van der Waals surface area contributed by atoms with E-state index < -0.39 is 0 Å². The van der Waals surface area contributed by atoms with Gasteiger partial charge in [-0.25, -0.2) is 0 Å². The van der Waals surface area contributed by atoms with Crippen LogP contribution in [0.2, 0.25) is 0 Å². The number of ether oxygens (including phenoxy) is 1. The molecule has 96 valence electrons. The molecule has 0 saturated heterocycles. The van der Waals surface area contributed by atoms with Crippen LogP contribution in [0.3, 0.4) is 0 Å². The van der Waals surface area contributed by atoms with Gasteiger partial charge < -0.3 is 10.5 Å². The highest BCUT2D eigenvalue weighted by Gasteiger charge is 2.12.